The lowest BCUT2D eigenvalue weighted by atomic mass is 9.69. The molecule has 2 aliphatic rings. The van der Waals surface area contributed by atoms with Crippen molar-refractivity contribution in [2.24, 2.45) is 11.3 Å². The standard InChI is InChI=1S/C21H26ClNO4/c1-21(2,3)14-6-9-17-16(11-14)23(12-19(24)25)20(26)18(27-17)10-13-4-7-15(22)8-5-13/h4-5,7-8,10,14,16-17H,6,9,11-12H2,1-3H3,(H,24,25)/b18-10-. The third-order valence-electron chi connectivity index (χ3n) is 5.60. The van der Waals surface area contributed by atoms with E-state index in [0.717, 1.165) is 24.8 Å². The number of hydrogen-bond donors (Lipinski definition) is 1. The Labute approximate surface area is 164 Å². The lowest BCUT2D eigenvalue weighted by molar-refractivity contribution is -0.159. The Morgan fingerprint density at radius 2 is 1.96 bits per heavy atom. The number of amides is 1. The number of hydrogen-bond acceptors (Lipinski definition) is 3. The summed E-state index contributed by atoms with van der Waals surface area (Å²) in [5.74, 6) is -0.738. The van der Waals surface area contributed by atoms with E-state index in [0.29, 0.717) is 10.9 Å². The fourth-order valence-electron chi connectivity index (χ4n) is 4.02. The maximum absolute atomic E-state index is 13.0. The average Bonchev–Trinajstić information content (AvgIpc) is 2.59. The molecule has 0 aromatic heterocycles. The first-order chi connectivity index (χ1) is 12.6. The second kappa shape index (κ2) is 7.55. The molecule has 5 nitrogen and oxygen atoms in total. The van der Waals surface area contributed by atoms with Gasteiger partial charge in [-0.15, -0.1) is 0 Å². The second-order valence-corrected chi connectivity index (χ2v) is 8.92. The second-order valence-electron chi connectivity index (χ2n) is 8.49. The summed E-state index contributed by atoms with van der Waals surface area (Å²) in [5, 5.41) is 9.95. The maximum Gasteiger partial charge on any atom is 0.323 e. The van der Waals surface area contributed by atoms with Crippen LogP contribution in [0.1, 0.15) is 45.6 Å². The molecule has 2 fully saturated rings. The molecule has 27 heavy (non-hydrogen) atoms. The Morgan fingerprint density at radius 1 is 1.30 bits per heavy atom. The van der Waals surface area contributed by atoms with Gasteiger partial charge in [0.1, 0.15) is 12.6 Å². The first-order valence-corrected chi connectivity index (χ1v) is 9.69. The molecule has 1 amide bonds. The van der Waals surface area contributed by atoms with Crippen LogP contribution in [0.5, 0.6) is 0 Å². The highest BCUT2D eigenvalue weighted by Gasteiger charge is 2.46. The van der Waals surface area contributed by atoms with E-state index in [9.17, 15) is 14.7 Å². The molecule has 0 bridgehead atoms. The molecular formula is C21H26ClNO4. The van der Waals surface area contributed by atoms with Crippen molar-refractivity contribution in [1.29, 1.82) is 0 Å². The summed E-state index contributed by atoms with van der Waals surface area (Å²) in [7, 11) is 0. The summed E-state index contributed by atoms with van der Waals surface area (Å²) in [6.45, 7) is 6.27. The van der Waals surface area contributed by atoms with Crippen molar-refractivity contribution in [1.82, 2.24) is 4.90 Å². The first kappa shape index (κ1) is 19.7. The van der Waals surface area contributed by atoms with Gasteiger partial charge in [-0.05, 0) is 54.4 Å². The topological polar surface area (TPSA) is 66.8 Å². The molecule has 146 valence electrons. The van der Waals surface area contributed by atoms with Gasteiger partial charge in [0, 0.05) is 5.02 Å². The highest BCUT2D eigenvalue weighted by molar-refractivity contribution is 6.30. The van der Waals surface area contributed by atoms with Gasteiger partial charge >= 0.3 is 5.97 Å². The van der Waals surface area contributed by atoms with Crippen molar-refractivity contribution >= 4 is 29.6 Å². The highest BCUT2D eigenvalue weighted by Crippen LogP contribution is 2.42. The summed E-state index contributed by atoms with van der Waals surface area (Å²) >= 11 is 5.91. The molecule has 3 atom stereocenters. The predicted molar refractivity (Wildman–Crippen MR) is 104 cm³/mol. The SMILES string of the molecule is CC(C)(C)C1CCC2O/C(=C\c3ccc(Cl)cc3)C(=O)N(CC(=O)O)C2C1. The van der Waals surface area contributed by atoms with Crippen molar-refractivity contribution in [3.63, 3.8) is 0 Å². The van der Waals surface area contributed by atoms with Crippen LogP contribution in [0.25, 0.3) is 6.08 Å². The summed E-state index contributed by atoms with van der Waals surface area (Å²) in [4.78, 5) is 25.9. The molecule has 1 aliphatic carbocycles. The fourth-order valence-corrected chi connectivity index (χ4v) is 4.14. The maximum atomic E-state index is 13.0. The number of halogens is 1. The van der Waals surface area contributed by atoms with Gasteiger partial charge in [0.2, 0.25) is 0 Å². The van der Waals surface area contributed by atoms with Crippen LogP contribution in [0.2, 0.25) is 5.02 Å². The molecular weight excluding hydrogens is 366 g/mol. The van der Waals surface area contributed by atoms with E-state index in [1.807, 2.05) is 0 Å². The number of nitrogens with zero attached hydrogens (tertiary/aromatic N) is 1. The Bertz CT molecular complexity index is 750. The van der Waals surface area contributed by atoms with Crippen LogP contribution < -0.4 is 0 Å². The van der Waals surface area contributed by atoms with Crippen molar-refractivity contribution in [2.45, 2.75) is 52.2 Å². The zero-order chi connectivity index (χ0) is 19.8. The van der Waals surface area contributed by atoms with Crippen molar-refractivity contribution < 1.29 is 19.4 Å². The van der Waals surface area contributed by atoms with Gasteiger partial charge in [0.05, 0.1) is 6.04 Å². The fraction of sp³-hybridized carbons (Fsp3) is 0.524. The van der Waals surface area contributed by atoms with E-state index in [1.54, 1.807) is 30.3 Å². The third kappa shape index (κ3) is 4.46. The van der Waals surface area contributed by atoms with Crippen LogP contribution in [-0.2, 0) is 14.3 Å². The number of ether oxygens (including phenoxy) is 1. The number of carbonyl (C=O) groups excluding carboxylic acids is 1. The quantitative estimate of drug-likeness (QED) is 0.784. The molecule has 3 unspecified atom stereocenters. The molecule has 0 radical (unpaired) electrons. The third-order valence-corrected chi connectivity index (χ3v) is 5.86. The molecule has 6 heteroatoms. The molecule has 1 aromatic rings. The molecule has 1 aliphatic heterocycles. The largest absolute Gasteiger partial charge is 0.482 e. The van der Waals surface area contributed by atoms with Crippen LogP contribution in [-0.4, -0.2) is 40.6 Å². The zero-order valence-corrected chi connectivity index (χ0v) is 16.7. The summed E-state index contributed by atoms with van der Waals surface area (Å²) in [5.41, 5.74) is 0.905. The Kier molecular flexibility index (Phi) is 5.52. The predicted octanol–water partition coefficient (Wildman–Crippen LogP) is 4.21. The van der Waals surface area contributed by atoms with Crippen LogP contribution in [0.3, 0.4) is 0 Å². The average molecular weight is 392 g/mol. The molecule has 0 spiro atoms. The number of carboxylic acid groups (broad SMARTS) is 1. The van der Waals surface area contributed by atoms with Crippen molar-refractivity contribution in [3.05, 3.63) is 40.6 Å². The number of morpholine rings is 1. The number of rotatable bonds is 3. The van der Waals surface area contributed by atoms with E-state index >= 15 is 0 Å². The lowest BCUT2D eigenvalue weighted by Crippen LogP contribution is -2.57. The van der Waals surface area contributed by atoms with Gasteiger partial charge < -0.3 is 14.7 Å². The molecule has 1 aromatic carbocycles. The summed E-state index contributed by atoms with van der Waals surface area (Å²) < 4.78 is 6.05. The number of aliphatic carboxylic acids is 1. The summed E-state index contributed by atoms with van der Waals surface area (Å²) in [6, 6.07) is 6.89. The molecule has 1 heterocycles. The number of benzene rings is 1. The molecule has 1 saturated carbocycles. The van der Waals surface area contributed by atoms with Crippen molar-refractivity contribution in [3.8, 4) is 0 Å². The molecule has 1 N–H and O–H groups in total. The van der Waals surface area contributed by atoms with E-state index in [-0.39, 0.29) is 35.8 Å². The number of carbonyl (C=O) groups is 2. The number of carboxylic acids is 1. The normalized spacial score (nSPS) is 27.3. The lowest BCUT2D eigenvalue weighted by Gasteiger charge is -2.48. The zero-order valence-electron chi connectivity index (χ0n) is 15.9. The van der Waals surface area contributed by atoms with Gasteiger partial charge in [-0.2, -0.15) is 0 Å². The first-order valence-electron chi connectivity index (χ1n) is 9.32. The van der Waals surface area contributed by atoms with E-state index in [2.05, 4.69) is 20.8 Å². The molecule has 3 rings (SSSR count). The van der Waals surface area contributed by atoms with Gasteiger partial charge in [-0.25, -0.2) is 0 Å². The summed E-state index contributed by atoms with van der Waals surface area (Å²) in [6.07, 6.45) is 4.09. The van der Waals surface area contributed by atoms with Crippen LogP contribution >= 0.6 is 11.6 Å². The van der Waals surface area contributed by atoms with Crippen LogP contribution in [0, 0.1) is 11.3 Å². The molecule has 1 saturated heterocycles. The van der Waals surface area contributed by atoms with E-state index < -0.39 is 5.97 Å². The van der Waals surface area contributed by atoms with Gasteiger partial charge in [0.15, 0.2) is 5.76 Å². The minimum absolute atomic E-state index is 0.113. The van der Waals surface area contributed by atoms with Crippen LogP contribution in [0.4, 0.5) is 0 Å². The minimum atomic E-state index is -1.01. The van der Waals surface area contributed by atoms with E-state index in [1.165, 1.54) is 4.90 Å². The van der Waals surface area contributed by atoms with E-state index in [4.69, 9.17) is 16.3 Å². The Hall–Kier alpha value is -2.01. The number of fused-ring (bicyclic) bond motifs is 1. The van der Waals surface area contributed by atoms with Gasteiger partial charge in [-0.3, -0.25) is 9.59 Å². The minimum Gasteiger partial charge on any atom is -0.482 e. The van der Waals surface area contributed by atoms with Gasteiger partial charge in [0.25, 0.3) is 5.91 Å². The van der Waals surface area contributed by atoms with Crippen molar-refractivity contribution in [2.75, 3.05) is 6.54 Å². The van der Waals surface area contributed by atoms with Crippen LogP contribution in [0.15, 0.2) is 30.0 Å². The smallest absolute Gasteiger partial charge is 0.323 e. The highest BCUT2D eigenvalue weighted by atomic mass is 35.5. The van der Waals surface area contributed by atoms with Gasteiger partial charge in [-0.1, -0.05) is 44.5 Å². The monoisotopic (exact) mass is 391 g/mol. The Balaban J connectivity index is 1.89. The Morgan fingerprint density at radius 3 is 2.56 bits per heavy atom.